The Kier molecular flexibility index (Phi) is 4.71. The van der Waals surface area contributed by atoms with Gasteiger partial charge < -0.3 is 15.6 Å². The predicted octanol–water partition coefficient (Wildman–Crippen LogP) is 4.20. The summed E-state index contributed by atoms with van der Waals surface area (Å²) in [7, 11) is 0. The molecule has 5 rings (SSSR count). The van der Waals surface area contributed by atoms with Crippen molar-refractivity contribution in [3.63, 3.8) is 0 Å². The molecular formula is C23H24ClN3O3. The van der Waals surface area contributed by atoms with E-state index in [1.54, 1.807) is 12.1 Å². The number of carbonyl (C=O) groups is 1. The molecule has 0 spiro atoms. The number of hydrazone groups is 1. The first kappa shape index (κ1) is 19.4. The largest absolute Gasteiger partial charge is 0.478 e. The molecule has 3 unspecified atom stereocenters. The molecule has 0 radical (unpaired) electrons. The van der Waals surface area contributed by atoms with E-state index in [0.717, 1.165) is 48.4 Å². The first-order valence-corrected chi connectivity index (χ1v) is 10.7. The SMILES string of the molecule is C[C@@H]1CC(C2C3CCc4cc(C(=O)O)ccc4C3=NN2c2ccc(N)c(Cl)c2)CO1. The smallest absolute Gasteiger partial charge is 0.335 e. The van der Waals surface area contributed by atoms with Crippen molar-refractivity contribution in [2.45, 2.75) is 38.3 Å². The number of nitrogens with zero attached hydrogens (tertiary/aromatic N) is 2. The average molecular weight is 426 g/mol. The fourth-order valence-corrected chi connectivity index (χ4v) is 5.32. The van der Waals surface area contributed by atoms with Gasteiger partial charge in [0.15, 0.2) is 0 Å². The minimum atomic E-state index is -0.901. The summed E-state index contributed by atoms with van der Waals surface area (Å²) in [6, 6.07) is 11.2. The Morgan fingerprint density at radius 1 is 1.30 bits per heavy atom. The lowest BCUT2D eigenvalue weighted by Crippen LogP contribution is -2.42. The first-order valence-electron chi connectivity index (χ1n) is 10.3. The minimum absolute atomic E-state index is 0.178. The molecule has 1 fully saturated rings. The number of nitrogen functional groups attached to an aromatic ring is 1. The van der Waals surface area contributed by atoms with Gasteiger partial charge in [-0.15, -0.1) is 0 Å². The number of benzene rings is 2. The monoisotopic (exact) mass is 425 g/mol. The van der Waals surface area contributed by atoms with Crippen LogP contribution in [-0.2, 0) is 11.2 Å². The Hall–Kier alpha value is -2.57. The van der Waals surface area contributed by atoms with Crippen molar-refractivity contribution in [1.82, 2.24) is 0 Å². The van der Waals surface area contributed by atoms with Crippen LogP contribution in [0.4, 0.5) is 11.4 Å². The minimum Gasteiger partial charge on any atom is -0.478 e. The number of aromatic carboxylic acids is 1. The molecule has 1 aliphatic carbocycles. The highest BCUT2D eigenvalue weighted by atomic mass is 35.5. The summed E-state index contributed by atoms with van der Waals surface area (Å²) >= 11 is 6.32. The number of rotatable bonds is 3. The third kappa shape index (κ3) is 3.15. The Bertz CT molecular complexity index is 1050. The lowest BCUT2D eigenvalue weighted by atomic mass is 9.74. The number of carboxylic acid groups (broad SMARTS) is 1. The van der Waals surface area contributed by atoms with E-state index < -0.39 is 5.97 Å². The predicted molar refractivity (Wildman–Crippen MR) is 117 cm³/mol. The summed E-state index contributed by atoms with van der Waals surface area (Å²) in [5.41, 5.74) is 10.9. The van der Waals surface area contributed by atoms with Gasteiger partial charge in [0.2, 0.25) is 0 Å². The third-order valence-electron chi connectivity index (χ3n) is 6.58. The fourth-order valence-electron chi connectivity index (χ4n) is 5.15. The molecule has 2 aromatic rings. The van der Waals surface area contributed by atoms with Crippen molar-refractivity contribution in [2.24, 2.45) is 16.9 Å². The van der Waals surface area contributed by atoms with Crippen LogP contribution in [0.5, 0.6) is 0 Å². The number of fused-ring (bicyclic) bond motifs is 3. The molecule has 6 nitrogen and oxygen atoms in total. The van der Waals surface area contributed by atoms with Crippen molar-refractivity contribution in [2.75, 3.05) is 17.3 Å². The van der Waals surface area contributed by atoms with E-state index in [2.05, 4.69) is 11.9 Å². The van der Waals surface area contributed by atoms with Crippen LogP contribution in [0.15, 0.2) is 41.5 Å². The number of ether oxygens (including phenoxy) is 1. The molecule has 4 atom stereocenters. The van der Waals surface area contributed by atoms with Crippen LogP contribution in [0.1, 0.15) is 41.3 Å². The molecule has 30 heavy (non-hydrogen) atoms. The molecule has 7 heteroatoms. The molecule has 156 valence electrons. The summed E-state index contributed by atoms with van der Waals surface area (Å²) in [6.07, 6.45) is 3.01. The molecule has 0 amide bonds. The van der Waals surface area contributed by atoms with Crippen LogP contribution >= 0.6 is 11.6 Å². The maximum Gasteiger partial charge on any atom is 0.335 e. The standard InChI is InChI=1S/C23H24ClN3O3/c1-12-8-15(11-30-12)22-18-6-2-13-9-14(23(28)29)3-5-17(13)21(18)26-27(22)16-4-7-20(25)19(24)10-16/h3-5,7,9-10,12,15,18,22H,2,6,8,11,25H2,1H3,(H,28,29)/t12-,15?,18?,22?/m1/s1. The Balaban J connectivity index is 1.58. The highest BCUT2D eigenvalue weighted by molar-refractivity contribution is 6.33. The van der Waals surface area contributed by atoms with Gasteiger partial charge >= 0.3 is 5.97 Å². The molecule has 2 aliphatic heterocycles. The van der Waals surface area contributed by atoms with E-state index in [1.165, 1.54) is 0 Å². The van der Waals surface area contributed by atoms with Gasteiger partial charge in [0.1, 0.15) is 0 Å². The van der Waals surface area contributed by atoms with Gasteiger partial charge in [0.25, 0.3) is 0 Å². The number of aryl methyl sites for hydroxylation is 1. The highest BCUT2D eigenvalue weighted by Crippen LogP contribution is 2.44. The van der Waals surface area contributed by atoms with Gasteiger partial charge in [-0.05, 0) is 62.1 Å². The van der Waals surface area contributed by atoms with Gasteiger partial charge in [0, 0.05) is 17.4 Å². The summed E-state index contributed by atoms with van der Waals surface area (Å²) in [5, 5.41) is 17.0. The van der Waals surface area contributed by atoms with Crippen molar-refractivity contribution in [3.8, 4) is 0 Å². The maximum absolute atomic E-state index is 11.4. The lowest BCUT2D eigenvalue weighted by molar-refractivity contribution is 0.0696. The van der Waals surface area contributed by atoms with E-state index in [-0.39, 0.29) is 18.1 Å². The van der Waals surface area contributed by atoms with Crippen molar-refractivity contribution in [1.29, 1.82) is 0 Å². The normalized spacial score (nSPS) is 27.5. The quantitative estimate of drug-likeness (QED) is 0.719. The van der Waals surface area contributed by atoms with E-state index in [1.807, 2.05) is 24.3 Å². The van der Waals surface area contributed by atoms with Gasteiger partial charge in [-0.3, -0.25) is 5.01 Å². The molecule has 3 aliphatic rings. The number of nitrogens with two attached hydrogens (primary N) is 1. The van der Waals surface area contributed by atoms with Gasteiger partial charge in [-0.25, -0.2) is 4.79 Å². The number of halogens is 1. The highest BCUT2D eigenvalue weighted by Gasteiger charge is 2.47. The van der Waals surface area contributed by atoms with Crippen LogP contribution in [0.25, 0.3) is 0 Å². The molecule has 1 saturated heterocycles. The number of hydrogen-bond acceptors (Lipinski definition) is 5. The summed E-state index contributed by atoms with van der Waals surface area (Å²) in [4.78, 5) is 11.4. The molecule has 0 bridgehead atoms. The van der Waals surface area contributed by atoms with Crippen LogP contribution in [0, 0.1) is 11.8 Å². The molecule has 0 aromatic heterocycles. The third-order valence-corrected chi connectivity index (χ3v) is 6.90. The van der Waals surface area contributed by atoms with Crippen LogP contribution in [0.3, 0.4) is 0 Å². The average Bonchev–Trinajstić information content (AvgIpc) is 3.32. The van der Waals surface area contributed by atoms with Crippen LogP contribution < -0.4 is 10.7 Å². The zero-order chi connectivity index (χ0) is 21.0. The van der Waals surface area contributed by atoms with E-state index in [0.29, 0.717) is 22.2 Å². The molecule has 2 aromatic carbocycles. The first-order chi connectivity index (χ1) is 14.4. The number of carboxylic acids is 1. The number of anilines is 2. The number of hydrogen-bond donors (Lipinski definition) is 2. The van der Waals surface area contributed by atoms with Crippen molar-refractivity contribution < 1.29 is 14.6 Å². The molecular weight excluding hydrogens is 402 g/mol. The second-order valence-corrected chi connectivity index (χ2v) is 8.90. The van der Waals surface area contributed by atoms with Gasteiger partial charge in [0.05, 0.1) is 46.4 Å². The van der Waals surface area contributed by atoms with Gasteiger partial charge in [-0.1, -0.05) is 17.7 Å². The van der Waals surface area contributed by atoms with E-state index >= 15 is 0 Å². The van der Waals surface area contributed by atoms with E-state index in [4.69, 9.17) is 27.2 Å². The summed E-state index contributed by atoms with van der Waals surface area (Å²) in [6.45, 7) is 2.83. The molecule has 2 heterocycles. The van der Waals surface area contributed by atoms with E-state index in [9.17, 15) is 9.90 Å². The van der Waals surface area contributed by atoms with Gasteiger partial charge in [-0.2, -0.15) is 5.10 Å². The Morgan fingerprint density at radius 3 is 2.83 bits per heavy atom. The fraction of sp³-hybridized carbons (Fsp3) is 0.391. The van der Waals surface area contributed by atoms with Crippen molar-refractivity contribution in [3.05, 3.63) is 58.1 Å². The summed E-state index contributed by atoms with van der Waals surface area (Å²) in [5.74, 6) is -0.271. The topological polar surface area (TPSA) is 88.2 Å². The Morgan fingerprint density at radius 2 is 2.13 bits per heavy atom. The zero-order valence-electron chi connectivity index (χ0n) is 16.7. The maximum atomic E-state index is 11.4. The second-order valence-electron chi connectivity index (χ2n) is 8.49. The summed E-state index contributed by atoms with van der Waals surface area (Å²) < 4.78 is 5.91. The molecule has 3 N–H and O–H groups in total. The van der Waals surface area contributed by atoms with Crippen molar-refractivity contribution >= 4 is 34.7 Å². The zero-order valence-corrected chi connectivity index (χ0v) is 17.5. The lowest BCUT2D eigenvalue weighted by Gasteiger charge is -2.34. The van der Waals surface area contributed by atoms with Crippen LogP contribution in [0.2, 0.25) is 5.02 Å². The van der Waals surface area contributed by atoms with Crippen LogP contribution in [-0.4, -0.2) is 35.5 Å². The second kappa shape index (κ2) is 7.29. The molecule has 0 saturated carbocycles. The Labute approximate surface area is 180 Å².